The number of aromatic amines is 1. The molecule has 4 heterocycles. The first-order valence-electron chi connectivity index (χ1n) is 6.48. The van der Waals surface area contributed by atoms with Crippen molar-refractivity contribution >= 4 is 5.95 Å². The molecule has 3 aliphatic rings. The summed E-state index contributed by atoms with van der Waals surface area (Å²) in [6, 6.07) is 4.01. The maximum Gasteiger partial charge on any atom is 0.227 e. The number of aromatic nitrogens is 4. The van der Waals surface area contributed by atoms with Crippen LogP contribution in [-0.2, 0) is 7.05 Å². The lowest BCUT2D eigenvalue weighted by Crippen LogP contribution is -2.43. The summed E-state index contributed by atoms with van der Waals surface area (Å²) in [5.41, 5.74) is 1.34. The fraction of sp³-hybridized carbons (Fsp3) is 0.538. The van der Waals surface area contributed by atoms with E-state index in [9.17, 15) is 0 Å². The van der Waals surface area contributed by atoms with Crippen LogP contribution in [0.1, 0.15) is 19.8 Å². The SMILES string of the molecule is Cn1c(-c2ccc[nH]2)nnc1N1CC2CC1(C)C2. The first-order chi connectivity index (χ1) is 8.67. The van der Waals surface area contributed by atoms with Crippen molar-refractivity contribution < 1.29 is 0 Å². The van der Waals surface area contributed by atoms with Gasteiger partial charge in [0.25, 0.3) is 0 Å². The zero-order chi connectivity index (χ0) is 12.3. The largest absolute Gasteiger partial charge is 0.359 e. The Kier molecular flexibility index (Phi) is 1.78. The summed E-state index contributed by atoms with van der Waals surface area (Å²) in [4.78, 5) is 5.62. The minimum atomic E-state index is 0.318. The summed E-state index contributed by atoms with van der Waals surface area (Å²) in [7, 11) is 2.05. The van der Waals surface area contributed by atoms with Gasteiger partial charge < -0.3 is 9.88 Å². The Balaban J connectivity index is 1.75. The van der Waals surface area contributed by atoms with E-state index in [0.717, 1.165) is 29.9 Å². The average molecular weight is 243 g/mol. The van der Waals surface area contributed by atoms with Gasteiger partial charge in [-0.3, -0.25) is 4.57 Å². The molecule has 2 aromatic heterocycles. The Morgan fingerprint density at radius 1 is 1.39 bits per heavy atom. The van der Waals surface area contributed by atoms with Crippen LogP contribution >= 0.6 is 0 Å². The number of hydrogen-bond acceptors (Lipinski definition) is 3. The molecule has 0 atom stereocenters. The van der Waals surface area contributed by atoms with Crippen LogP contribution in [-0.4, -0.2) is 31.8 Å². The molecule has 5 heteroatoms. The van der Waals surface area contributed by atoms with Gasteiger partial charge in [0.05, 0.1) is 5.69 Å². The van der Waals surface area contributed by atoms with E-state index >= 15 is 0 Å². The monoisotopic (exact) mass is 243 g/mol. The highest BCUT2D eigenvalue weighted by molar-refractivity contribution is 5.54. The molecule has 0 unspecified atom stereocenters. The predicted octanol–water partition coefficient (Wildman–Crippen LogP) is 1.80. The van der Waals surface area contributed by atoms with Gasteiger partial charge in [-0.1, -0.05) is 0 Å². The Labute approximate surface area is 106 Å². The van der Waals surface area contributed by atoms with Gasteiger partial charge >= 0.3 is 0 Å². The van der Waals surface area contributed by atoms with E-state index in [1.54, 1.807) is 0 Å². The highest BCUT2D eigenvalue weighted by atomic mass is 15.4. The molecule has 0 spiro atoms. The Morgan fingerprint density at radius 2 is 2.22 bits per heavy atom. The van der Waals surface area contributed by atoms with Gasteiger partial charge in [-0.05, 0) is 37.8 Å². The molecule has 94 valence electrons. The summed E-state index contributed by atoms with van der Waals surface area (Å²) in [5, 5.41) is 8.72. The molecule has 2 aromatic rings. The van der Waals surface area contributed by atoms with Gasteiger partial charge in [-0.2, -0.15) is 0 Å². The van der Waals surface area contributed by atoms with Crippen LogP contribution in [0.3, 0.4) is 0 Å². The highest BCUT2D eigenvalue weighted by Crippen LogP contribution is 2.51. The molecule has 2 saturated heterocycles. The van der Waals surface area contributed by atoms with Crippen molar-refractivity contribution in [1.82, 2.24) is 19.7 Å². The second kappa shape index (κ2) is 3.16. The molecule has 3 fully saturated rings. The number of hydrogen-bond donors (Lipinski definition) is 1. The van der Waals surface area contributed by atoms with Crippen molar-refractivity contribution in [3.63, 3.8) is 0 Å². The fourth-order valence-corrected chi connectivity index (χ4v) is 3.60. The average Bonchev–Trinajstić information content (AvgIpc) is 2.99. The van der Waals surface area contributed by atoms with Gasteiger partial charge in [0.1, 0.15) is 0 Å². The molecule has 1 saturated carbocycles. The van der Waals surface area contributed by atoms with E-state index in [-0.39, 0.29) is 0 Å². The van der Waals surface area contributed by atoms with Crippen LogP contribution in [0.5, 0.6) is 0 Å². The van der Waals surface area contributed by atoms with Crippen molar-refractivity contribution in [1.29, 1.82) is 0 Å². The summed E-state index contributed by atoms with van der Waals surface area (Å²) in [6.45, 7) is 3.46. The van der Waals surface area contributed by atoms with E-state index in [4.69, 9.17) is 0 Å². The minimum Gasteiger partial charge on any atom is -0.359 e. The van der Waals surface area contributed by atoms with Gasteiger partial charge in [0.2, 0.25) is 5.95 Å². The summed E-state index contributed by atoms with van der Waals surface area (Å²) in [6.07, 6.45) is 4.52. The van der Waals surface area contributed by atoms with E-state index < -0.39 is 0 Å². The van der Waals surface area contributed by atoms with E-state index in [2.05, 4.69) is 31.6 Å². The number of nitrogens with one attached hydrogen (secondary N) is 1. The topological polar surface area (TPSA) is 49.7 Å². The molecule has 5 rings (SSSR count). The third kappa shape index (κ3) is 1.16. The maximum absolute atomic E-state index is 4.39. The molecular weight excluding hydrogens is 226 g/mol. The highest BCUT2D eigenvalue weighted by Gasteiger charge is 2.54. The first kappa shape index (κ1) is 10.2. The quantitative estimate of drug-likeness (QED) is 0.875. The van der Waals surface area contributed by atoms with Gasteiger partial charge in [-0.15, -0.1) is 10.2 Å². The molecule has 2 bridgehead atoms. The minimum absolute atomic E-state index is 0.318. The molecule has 2 aliphatic heterocycles. The third-order valence-corrected chi connectivity index (χ3v) is 4.48. The number of H-pyrrole nitrogens is 1. The van der Waals surface area contributed by atoms with E-state index in [0.29, 0.717) is 5.54 Å². The second-order valence-electron chi connectivity index (χ2n) is 5.85. The molecule has 18 heavy (non-hydrogen) atoms. The van der Waals surface area contributed by atoms with Crippen molar-refractivity contribution in [2.24, 2.45) is 13.0 Å². The van der Waals surface area contributed by atoms with E-state index in [1.807, 2.05) is 25.4 Å². The number of anilines is 1. The maximum atomic E-state index is 4.39. The lowest BCUT2D eigenvalue weighted by molar-refractivity contribution is 0.266. The molecule has 1 N–H and O–H groups in total. The standard InChI is InChI=1S/C13H17N5/c1-13-6-9(7-13)8-18(13)12-16-15-11(17(12)2)10-4-3-5-14-10/h3-5,9,14H,6-8H2,1-2H3. The number of rotatable bonds is 2. The lowest BCUT2D eigenvalue weighted by atomic mass is 9.75. The van der Waals surface area contributed by atoms with Crippen LogP contribution in [0.25, 0.3) is 11.5 Å². The molecular formula is C13H17N5. The van der Waals surface area contributed by atoms with Crippen LogP contribution in [0.4, 0.5) is 5.95 Å². The first-order valence-corrected chi connectivity index (χ1v) is 6.48. The Hall–Kier alpha value is -1.78. The zero-order valence-electron chi connectivity index (χ0n) is 10.7. The second-order valence-corrected chi connectivity index (χ2v) is 5.85. The molecule has 0 amide bonds. The third-order valence-electron chi connectivity index (χ3n) is 4.48. The van der Waals surface area contributed by atoms with Crippen molar-refractivity contribution in [3.8, 4) is 11.5 Å². The van der Waals surface area contributed by atoms with Crippen LogP contribution in [0.15, 0.2) is 18.3 Å². The predicted molar refractivity (Wildman–Crippen MR) is 69.3 cm³/mol. The van der Waals surface area contributed by atoms with E-state index in [1.165, 1.54) is 12.8 Å². The van der Waals surface area contributed by atoms with Gasteiger partial charge in [-0.25, -0.2) is 0 Å². The number of nitrogens with zero attached hydrogens (tertiary/aromatic N) is 4. The molecule has 1 aliphatic carbocycles. The summed E-state index contributed by atoms with van der Waals surface area (Å²) < 4.78 is 2.10. The van der Waals surface area contributed by atoms with Gasteiger partial charge in [0, 0.05) is 25.3 Å². The van der Waals surface area contributed by atoms with Crippen LogP contribution < -0.4 is 4.90 Å². The smallest absolute Gasteiger partial charge is 0.227 e. The fourth-order valence-electron chi connectivity index (χ4n) is 3.60. The molecule has 0 radical (unpaired) electrons. The van der Waals surface area contributed by atoms with Crippen molar-refractivity contribution in [2.75, 3.05) is 11.4 Å². The van der Waals surface area contributed by atoms with Gasteiger partial charge in [0.15, 0.2) is 5.82 Å². The lowest BCUT2D eigenvalue weighted by Gasteiger charge is -2.38. The molecule has 5 nitrogen and oxygen atoms in total. The summed E-state index contributed by atoms with van der Waals surface area (Å²) >= 11 is 0. The zero-order valence-corrected chi connectivity index (χ0v) is 10.7. The van der Waals surface area contributed by atoms with Crippen LogP contribution in [0, 0.1) is 5.92 Å². The molecule has 0 aromatic carbocycles. The normalized spacial score (nSPS) is 29.7. The van der Waals surface area contributed by atoms with Crippen molar-refractivity contribution in [3.05, 3.63) is 18.3 Å². The summed E-state index contributed by atoms with van der Waals surface area (Å²) in [5.74, 6) is 2.77. The van der Waals surface area contributed by atoms with Crippen LogP contribution in [0.2, 0.25) is 0 Å². The van der Waals surface area contributed by atoms with Crippen molar-refractivity contribution in [2.45, 2.75) is 25.3 Å². The number of fused-ring (bicyclic) bond motifs is 1. The Morgan fingerprint density at radius 3 is 2.83 bits per heavy atom. The Bertz CT molecular complexity index is 577.